The summed E-state index contributed by atoms with van der Waals surface area (Å²) in [6.07, 6.45) is 3.69. The lowest BCUT2D eigenvalue weighted by Gasteiger charge is -2.26. The van der Waals surface area contributed by atoms with Gasteiger partial charge >= 0.3 is 0 Å². The van der Waals surface area contributed by atoms with Crippen molar-refractivity contribution in [3.63, 3.8) is 0 Å². The molecule has 0 amide bonds. The van der Waals surface area contributed by atoms with Crippen LogP contribution >= 0.6 is 11.6 Å². The number of aryl methyl sites for hydroxylation is 1. The largest absolute Gasteiger partial charge is 0.379 e. The van der Waals surface area contributed by atoms with Crippen LogP contribution in [0.5, 0.6) is 0 Å². The van der Waals surface area contributed by atoms with Crippen molar-refractivity contribution in [3.8, 4) is 0 Å². The number of nitrogens with one attached hydrogen (secondary N) is 2. The Morgan fingerprint density at radius 2 is 2.00 bits per heavy atom. The molecular weight excluding hydrogens is 404 g/mol. The molecule has 1 fully saturated rings. The minimum atomic E-state index is 0.471. The first-order chi connectivity index (χ1) is 14.6. The van der Waals surface area contributed by atoms with Crippen LogP contribution in [0, 0.1) is 6.92 Å². The molecule has 0 aromatic carbocycles. The third kappa shape index (κ3) is 7.23. The van der Waals surface area contributed by atoms with E-state index in [-0.39, 0.29) is 0 Å². The summed E-state index contributed by atoms with van der Waals surface area (Å²) in [5, 5.41) is 15.6. The number of hydrogen-bond acceptors (Lipinski definition) is 6. The molecule has 10 heteroatoms. The SMILES string of the molecule is Cc1nnc(CN=C(NCCCN2CCOCC2)NCCc2ccc(Cl)nc2)n1C. The number of ether oxygens (including phenoxy) is 1. The highest BCUT2D eigenvalue weighted by atomic mass is 35.5. The third-order valence-corrected chi connectivity index (χ3v) is 5.33. The first-order valence-electron chi connectivity index (χ1n) is 10.4. The van der Waals surface area contributed by atoms with Crippen LogP contribution < -0.4 is 10.6 Å². The van der Waals surface area contributed by atoms with E-state index in [1.165, 1.54) is 0 Å². The minimum absolute atomic E-state index is 0.471. The molecule has 0 aliphatic carbocycles. The van der Waals surface area contributed by atoms with Crippen LogP contribution in [0.1, 0.15) is 23.6 Å². The number of pyridine rings is 1. The second-order valence-corrected chi connectivity index (χ2v) is 7.67. The monoisotopic (exact) mass is 434 g/mol. The summed E-state index contributed by atoms with van der Waals surface area (Å²) in [5.74, 6) is 2.49. The van der Waals surface area contributed by atoms with Gasteiger partial charge in [-0.3, -0.25) is 4.90 Å². The van der Waals surface area contributed by atoms with Crippen molar-refractivity contribution in [2.24, 2.45) is 12.0 Å². The van der Waals surface area contributed by atoms with Gasteiger partial charge in [-0.1, -0.05) is 17.7 Å². The van der Waals surface area contributed by atoms with Crippen LogP contribution in [0.2, 0.25) is 5.15 Å². The molecule has 2 N–H and O–H groups in total. The van der Waals surface area contributed by atoms with E-state index in [0.29, 0.717) is 11.7 Å². The van der Waals surface area contributed by atoms with Crippen molar-refractivity contribution in [1.29, 1.82) is 0 Å². The van der Waals surface area contributed by atoms with E-state index in [1.807, 2.05) is 30.7 Å². The van der Waals surface area contributed by atoms with E-state index >= 15 is 0 Å². The van der Waals surface area contributed by atoms with E-state index in [4.69, 9.17) is 21.3 Å². The molecule has 0 unspecified atom stereocenters. The van der Waals surface area contributed by atoms with Gasteiger partial charge in [-0.05, 0) is 37.9 Å². The highest BCUT2D eigenvalue weighted by molar-refractivity contribution is 6.29. The van der Waals surface area contributed by atoms with Gasteiger partial charge in [0, 0.05) is 39.4 Å². The maximum Gasteiger partial charge on any atom is 0.191 e. The molecule has 2 aromatic rings. The van der Waals surface area contributed by atoms with Gasteiger partial charge < -0.3 is 19.9 Å². The number of aliphatic imine (C=N–C) groups is 1. The lowest BCUT2D eigenvalue weighted by molar-refractivity contribution is 0.0376. The topological polar surface area (TPSA) is 92.5 Å². The van der Waals surface area contributed by atoms with Gasteiger partial charge in [-0.15, -0.1) is 10.2 Å². The van der Waals surface area contributed by atoms with E-state index in [2.05, 4.69) is 30.7 Å². The Morgan fingerprint density at radius 3 is 2.70 bits per heavy atom. The standard InChI is InChI=1S/C20H31ClN8O/c1-16-26-27-19(28(16)2)15-25-20(22-7-3-9-29-10-12-30-13-11-29)23-8-6-17-4-5-18(21)24-14-17/h4-5,14H,3,6-13,15H2,1-2H3,(H2,22,23,25). The fourth-order valence-corrected chi connectivity index (χ4v) is 3.24. The molecule has 1 aliphatic heterocycles. The Kier molecular flexibility index (Phi) is 8.85. The summed E-state index contributed by atoms with van der Waals surface area (Å²) in [4.78, 5) is 11.3. The Balaban J connectivity index is 1.49. The molecule has 0 spiro atoms. The smallest absolute Gasteiger partial charge is 0.191 e. The van der Waals surface area contributed by atoms with E-state index in [0.717, 1.165) is 82.0 Å². The molecule has 0 saturated carbocycles. The van der Waals surface area contributed by atoms with Crippen molar-refractivity contribution in [3.05, 3.63) is 40.7 Å². The zero-order chi connectivity index (χ0) is 21.2. The van der Waals surface area contributed by atoms with Gasteiger partial charge in [-0.2, -0.15) is 0 Å². The lowest BCUT2D eigenvalue weighted by atomic mass is 10.2. The minimum Gasteiger partial charge on any atom is -0.379 e. The fourth-order valence-electron chi connectivity index (χ4n) is 3.13. The fraction of sp³-hybridized carbons (Fsp3) is 0.600. The normalized spacial score (nSPS) is 15.4. The molecule has 0 bridgehead atoms. The molecule has 1 aliphatic rings. The van der Waals surface area contributed by atoms with Crippen LogP contribution in [0.3, 0.4) is 0 Å². The summed E-state index contributed by atoms with van der Waals surface area (Å²) in [5.41, 5.74) is 1.13. The molecule has 30 heavy (non-hydrogen) atoms. The Hall–Kier alpha value is -2.23. The van der Waals surface area contributed by atoms with Gasteiger partial charge in [0.15, 0.2) is 11.8 Å². The zero-order valence-corrected chi connectivity index (χ0v) is 18.5. The Morgan fingerprint density at radius 1 is 1.20 bits per heavy atom. The van der Waals surface area contributed by atoms with Gasteiger partial charge in [0.25, 0.3) is 0 Å². The Labute approximate surface area is 182 Å². The molecule has 3 heterocycles. The molecule has 1 saturated heterocycles. The summed E-state index contributed by atoms with van der Waals surface area (Å²) in [7, 11) is 1.95. The summed E-state index contributed by atoms with van der Waals surface area (Å²) in [6.45, 7) is 8.75. The number of aromatic nitrogens is 4. The van der Waals surface area contributed by atoms with Gasteiger partial charge in [0.1, 0.15) is 17.5 Å². The summed E-state index contributed by atoms with van der Waals surface area (Å²) >= 11 is 5.86. The number of guanidine groups is 1. The molecule has 164 valence electrons. The lowest BCUT2D eigenvalue weighted by Crippen LogP contribution is -2.41. The third-order valence-electron chi connectivity index (χ3n) is 5.10. The van der Waals surface area contributed by atoms with E-state index in [1.54, 1.807) is 6.20 Å². The van der Waals surface area contributed by atoms with Crippen molar-refractivity contribution in [2.75, 3.05) is 45.9 Å². The number of rotatable bonds is 9. The molecule has 0 atom stereocenters. The molecular formula is C20H31ClN8O. The van der Waals surface area contributed by atoms with E-state index < -0.39 is 0 Å². The summed E-state index contributed by atoms with van der Waals surface area (Å²) < 4.78 is 7.36. The van der Waals surface area contributed by atoms with Crippen molar-refractivity contribution < 1.29 is 4.74 Å². The molecule has 0 radical (unpaired) electrons. The average molecular weight is 435 g/mol. The molecule has 9 nitrogen and oxygen atoms in total. The van der Waals surface area contributed by atoms with Crippen molar-refractivity contribution in [1.82, 2.24) is 35.3 Å². The predicted molar refractivity (Wildman–Crippen MR) is 118 cm³/mol. The Bertz CT molecular complexity index is 802. The molecule has 3 rings (SSSR count). The molecule has 2 aromatic heterocycles. The quantitative estimate of drug-likeness (QED) is 0.265. The number of morpholine rings is 1. The van der Waals surface area contributed by atoms with Gasteiger partial charge in [-0.25, -0.2) is 9.98 Å². The van der Waals surface area contributed by atoms with Crippen molar-refractivity contribution >= 4 is 17.6 Å². The van der Waals surface area contributed by atoms with E-state index in [9.17, 15) is 0 Å². The zero-order valence-electron chi connectivity index (χ0n) is 17.8. The average Bonchev–Trinajstić information content (AvgIpc) is 3.08. The van der Waals surface area contributed by atoms with Crippen LogP contribution in [0.15, 0.2) is 23.3 Å². The number of hydrogen-bond donors (Lipinski definition) is 2. The van der Waals surface area contributed by atoms with Crippen LogP contribution in [0.4, 0.5) is 0 Å². The maximum atomic E-state index is 5.86. The number of nitrogens with zero attached hydrogens (tertiary/aromatic N) is 6. The van der Waals surface area contributed by atoms with Crippen LogP contribution in [0.25, 0.3) is 0 Å². The first kappa shape index (κ1) is 22.5. The highest BCUT2D eigenvalue weighted by Crippen LogP contribution is 2.05. The second-order valence-electron chi connectivity index (χ2n) is 7.29. The predicted octanol–water partition coefficient (Wildman–Crippen LogP) is 1.17. The van der Waals surface area contributed by atoms with Gasteiger partial charge in [0.2, 0.25) is 0 Å². The first-order valence-corrected chi connectivity index (χ1v) is 10.8. The van der Waals surface area contributed by atoms with Crippen molar-refractivity contribution in [2.45, 2.75) is 26.3 Å². The summed E-state index contributed by atoms with van der Waals surface area (Å²) in [6, 6.07) is 3.80. The highest BCUT2D eigenvalue weighted by Gasteiger charge is 2.10. The van der Waals surface area contributed by atoms with Crippen LogP contribution in [-0.4, -0.2) is 76.5 Å². The number of halogens is 1. The van der Waals surface area contributed by atoms with Gasteiger partial charge in [0.05, 0.1) is 13.2 Å². The second kappa shape index (κ2) is 11.8. The van der Waals surface area contributed by atoms with Crippen LogP contribution in [-0.2, 0) is 24.8 Å². The maximum absolute atomic E-state index is 5.86.